The first-order valence-corrected chi connectivity index (χ1v) is 16.0. The zero-order chi connectivity index (χ0) is 28.2. The van der Waals surface area contributed by atoms with Crippen LogP contribution in [0.5, 0.6) is 0 Å². The van der Waals surface area contributed by atoms with Crippen LogP contribution in [-0.4, -0.2) is 8.42 Å². The summed E-state index contributed by atoms with van der Waals surface area (Å²) < 4.78 is 28.6. The Hall–Kier alpha value is -2.34. The molecule has 1 unspecified atom stereocenters. The number of halogens is 1. The van der Waals surface area contributed by atoms with Gasteiger partial charge in [-0.2, -0.15) is 4.72 Å². The molecule has 0 amide bonds. The zero-order valence-corrected chi connectivity index (χ0v) is 25.5. The number of hydrogen-bond acceptors (Lipinski definition) is 3. The molecule has 38 heavy (non-hydrogen) atoms. The molecule has 7 heteroatoms. The summed E-state index contributed by atoms with van der Waals surface area (Å²) >= 11 is 1.82. The fraction of sp³-hybridized carbons (Fsp3) is 0.226. The van der Waals surface area contributed by atoms with E-state index in [1.54, 1.807) is 24.3 Å². The number of benzene rings is 4. The van der Waals surface area contributed by atoms with Gasteiger partial charge in [0, 0.05) is 6.42 Å². The molecule has 4 nitrogen and oxygen atoms in total. The van der Waals surface area contributed by atoms with Crippen LogP contribution in [0.3, 0.4) is 0 Å². The molecular formula is C31H36ClN2O2RuS. The van der Waals surface area contributed by atoms with Crippen molar-refractivity contribution >= 4 is 19.7 Å². The van der Waals surface area contributed by atoms with Gasteiger partial charge in [-0.1, -0.05) is 122 Å². The van der Waals surface area contributed by atoms with Gasteiger partial charge >= 0.3 is 27.0 Å². The Morgan fingerprint density at radius 2 is 1.21 bits per heavy atom. The molecule has 0 heterocycles. The molecule has 0 aromatic heterocycles. The molecule has 0 aliphatic heterocycles. The van der Waals surface area contributed by atoms with E-state index in [0.717, 1.165) is 11.1 Å². The van der Waals surface area contributed by atoms with Gasteiger partial charge in [0.05, 0.1) is 4.90 Å². The molecule has 203 valence electrons. The van der Waals surface area contributed by atoms with E-state index < -0.39 is 15.7 Å². The number of nitrogens with one attached hydrogen (secondary N) is 1. The molecule has 0 fully saturated rings. The van der Waals surface area contributed by atoms with Crippen molar-refractivity contribution in [1.82, 2.24) is 4.72 Å². The van der Waals surface area contributed by atoms with Crippen LogP contribution in [-0.2, 0) is 39.4 Å². The average molecular weight is 637 g/mol. The van der Waals surface area contributed by atoms with Gasteiger partial charge in [0.2, 0.25) is 10.0 Å². The van der Waals surface area contributed by atoms with E-state index in [4.69, 9.17) is 5.73 Å². The summed E-state index contributed by atoms with van der Waals surface area (Å²) in [4.78, 5) is 0.196. The van der Waals surface area contributed by atoms with Crippen LogP contribution < -0.4 is 10.5 Å². The maximum absolute atomic E-state index is 12.9. The first kappa shape index (κ1) is 31.9. The number of hydrogen-bond donors (Lipinski definition) is 2. The van der Waals surface area contributed by atoms with Crippen LogP contribution in [0.1, 0.15) is 47.6 Å². The van der Waals surface area contributed by atoms with Crippen molar-refractivity contribution in [3.63, 3.8) is 0 Å². The average Bonchev–Trinajstić information content (AvgIpc) is 2.91. The Labute approximate surface area is 242 Å². The number of rotatable bonds is 7. The van der Waals surface area contributed by atoms with E-state index in [1.165, 1.54) is 11.1 Å². The van der Waals surface area contributed by atoms with E-state index in [2.05, 4.69) is 59.4 Å². The minimum atomic E-state index is -3.78. The molecule has 4 rings (SSSR count). The maximum atomic E-state index is 12.9. The second-order valence-electron chi connectivity index (χ2n) is 9.48. The van der Waals surface area contributed by atoms with Crippen molar-refractivity contribution in [3.8, 4) is 0 Å². The fourth-order valence-electron chi connectivity index (χ4n) is 3.82. The van der Waals surface area contributed by atoms with E-state index in [0.29, 0.717) is 17.9 Å². The molecule has 4 aromatic carbocycles. The molecule has 0 radical (unpaired) electrons. The number of nitrogens with two attached hydrogens (primary N) is 1. The summed E-state index contributed by atoms with van der Waals surface area (Å²) in [5, 5.41) is 0. The van der Waals surface area contributed by atoms with E-state index >= 15 is 0 Å². The summed E-state index contributed by atoms with van der Waals surface area (Å²) in [6.45, 7) is 8.45. The molecule has 1 atom stereocenters. The summed E-state index contributed by atoms with van der Waals surface area (Å²) in [6.07, 6.45) is 0.336. The summed E-state index contributed by atoms with van der Waals surface area (Å²) in [7, 11) is 0.791. The summed E-state index contributed by atoms with van der Waals surface area (Å²) in [5.41, 5.74) is 10.8. The van der Waals surface area contributed by atoms with Crippen LogP contribution in [0.25, 0.3) is 0 Å². The molecule has 0 saturated heterocycles. The second kappa shape index (κ2) is 15.3. The molecule has 3 N–H and O–H groups in total. The number of sulfonamides is 1. The molecule has 0 aliphatic carbocycles. The summed E-state index contributed by atoms with van der Waals surface area (Å²) in [6, 6.07) is 34.3. The van der Waals surface area contributed by atoms with Crippen molar-refractivity contribution in [2.24, 2.45) is 5.73 Å². The topological polar surface area (TPSA) is 72.2 Å². The predicted molar refractivity (Wildman–Crippen MR) is 155 cm³/mol. The van der Waals surface area contributed by atoms with E-state index in [1.807, 2.05) is 84.9 Å². The third-order valence-corrected chi connectivity index (χ3v) is 7.53. The van der Waals surface area contributed by atoms with Crippen molar-refractivity contribution in [3.05, 3.63) is 137 Å². The van der Waals surface area contributed by atoms with E-state index in [9.17, 15) is 8.42 Å². The Kier molecular flexibility index (Phi) is 12.8. The van der Waals surface area contributed by atoms with Crippen LogP contribution in [0.4, 0.5) is 0 Å². The first-order valence-electron chi connectivity index (χ1n) is 12.3. The molecule has 4 aromatic rings. The van der Waals surface area contributed by atoms with Crippen molar-refractivity contribution in [1.29, 1.82) is 0 Å². The Morgan fingerprint density at radius 1 is 0.763 bits per heavy atom. The van der Waals surface area contributed by atoms with Crippen molar-refractivity contribution in [2.75, 3.05) is 0 Å². The van der Waals surface area contributed by atoms with Gasteiger partial charge in [-0.05, 0) is 48.6 Å². The fourth-order valence-corrected chi connectivity index (χ4v) is 5.10. The molecule has 0 spiro atoms. The van der Waals surface area contributed by atoms with Gasteiger partial charge in [0.25, 0.3) is 0 Å². The van der Waals surface area contributed by atoms with Crippen LogP contribution in [0.15, 0.2) is 114 Å². The molecule has 0 bridgehead atoms. The predicted octanol–water partition coefficient (Wildman–Crippen LogP) is 7.13. The molecular weight excluding hydrogens is 601 g/mol. The third kappa shape index (κ3) is 9.76. The van der Waals surface area contributed by atoms with Crippen molar-refractivity contribution < 1.29 is 25.7 Å². The Balaban J connectivity index is 0.000000353. The van der Waals surface area contributed by atoms with Gasteiger partial charge in [0.15, 0.2) is 0 Å². The SMILES string of the molecule is Cc1ccc(C(C)C)cc1.Cc1ccc(S(=O)(=O)NC(N)(Cc2ccccc2)c2ccccc2)cc1.[Cl][Ru]. The van der Waals surface area contributed by atoms with Crippen LogP contribution in [0, 0.1) is 13.8 Å². The monoisotopic (exact) mass is 637 g/mol. The van der Waals surface area contributed by atoms with Crippen molar-refractivity contribution in [2.45, 2.75) is 50.6 Å². The number of aryl methyl sites for hydroxylation is 2. The van der Waals surface area contributed by atoms with Gasteiger partial charge in [-0.25, -0.2) is 8.42 Å². The standard InChI is InChI=1S/C21H22N2O2S.C10H14.ClH.Ru/c1-17-12-14-20(15-13-17)26(24,25)23-21(22,19-10-6-3-7-11-19)16-18-8-4-2-5-9-18;1-8(2)10-6-4-9(3)5-7-10;;/h2-15,23H,16,22H2,1H3;4-8H,1-3H3;1H;/q;;;+1/p-1. The third-order valence-electron chi connectivity index (χ3n) is 6.01. The Morgan fingerprint density at radius 3 is 1.68 bits per heavy atom. The molecule has 0 saturated carbocycles. The van der Waals surface area contributed by atoms with Gasteiger partial charge in [-0.3, -0.25) is 0 Å². The van der Waals surface area contributed by atoms with E-state index in [-0.39, 0.29) is 4.90 Å². The second-order valence-corrected chi connectivity index (χ2v) is 11.2. The summed E-state index contributed by atoms with van der Waals surface area (Å²) in [5.74, 6) is 0.653. The van der Waals surface area contributed by atoms with Gasteiger partial charge in [-0.15, -0.1) is 0 Å². The van der Waals surface area contributed by atoms with Crippen LogP contribution in [0.2, 0.25) is 0 Å². The van der Waals surface area contributed by atoms with Gasteiger partial charge in [0.1, 0.15) is 5.66 Å². The zero-order valence-electron chi connectivity index (χ0n) is 22.2. The Bertz CT molecular complexity index is 1330. The first-order chi connectivity index (χ1) is 18.1. The molecule has 0 aliphatic rings. The minimum absolute atomic E-state index is 0.196. The van der Waals surface area contributed by atoms with Gasteiger partial charge < -0.3 is 5.73 Å². The normalized spacial score (nSPS) is 12.4. The van der Waals surface area contributed by atoms with Crippen LogP contribution >= 0.6 is 9.69 Å². The quantitative estimate of drug-likeness (QED) is 0.167.